The maximum atomic E-state index is 13.8. The summed E-state index contributed by atoms with van der Waals surface area (Å²) in [6.45, 7) is 5.33. The van der Waals surface area contributed by atoms with E-state index in [1.165, 1.54) is 103 Å². The second kappa shape index (κ2) is 17.2. The molecular weight excluding hydrogens is 595 g/mol. The lowest BCUT2D eigenvalue weighted by atomic mass is 9.74. The number of carbonyl (C=O) groups is 1. The van der Waals surface area contributed by atoms with Crippen LogP contribution < -0.4 is 4.74 Å². The van der Waals surface area contributed by atoms with E-state index in [4.69, 9.17) is 9.13 Å². The van der Waals surface area contributed by atoms with Crippen LogP contribution in [0.2, 0.25) is 0 Å². The average Bonchev–Trinajstić information content (AvgIpc) is 3.29. The van der Waals surface area contributed by atoms with E-state index in [-0.39, 0.29) is 0 Å². The van der Waals surface area contributed by atoms with Crippen LogP contribution in [0.1, 0.15) is 123 Å². The molecule has 4 heteroatoms. The SMILES string of the molecule is CC1=CC=C(CCC2CCC(C(=O)C3CCCCCC(CCOc4ccc5ccccc5c4)CCCC3)CC2)C2=NSCC(C)=C2C1. The van der Waals surface area contributed by atoms with Crippen LogP contribution in [0.4, 0.5) is 0 Å². The van der Waals surface area contributed by atoms with Gasteiger partial charge in [-0.25, -0.2) is 4.40 Å². The third-order valence-electron chi connectivity index (χ3n) is 11.6. The Kier molecular flexibility index (Phi) is 12.5. The summed E-state index contributed by atoms with van der Waals surface area (Å²) in [5.74, 6) is 4.72. The van der Waals surface area contributed by atoms with Crippen molar-refractivity contribution in [2.45, 2.75) is 123 Å². The normalized spacial score (nSPS) is 26.3. The first-order valence-electron chi connectivity index (χ1n) is 18.9. The summed E-state index contributed by atoms with van der Waals surface area (Å²) < 4.78 is 11.1. The first-order chi connectivity index (χ1) is 23.0. The maximum Gasteiger partial charge on any atom is 0.139 e. The fraction of sp³-hybridized carbons (Fsp3) is 0.581. The van der Waals surface area contributed by atoms with E-state index in [1.807, 2.05) is 0 Å². The van der Waals surface area contributed by atoms with Gasteiger partial charge in [0, 0.05) is 17.6 Å². The lowest BCUT2D eigenvalue weighted by Gasteiger charge is -2.30. The third-order valence-corrected chi connectivity index (χ3v) is 12.5. The number of hydrogen-bond donors (Lipinski definition) is 0. The molecule has 0 amide bonds. The Morgan fingerprint density at radius 1 is 0.787 bits per heavy atom. The lowest BCUT2D eigenvalue weighted by molar-refractivity contribution is -0.128. The molecule has 2 fully saturated rings. The third kappa shape index (κ3) is 9.52. The zero-order valence-corrected chi connectivity index (χ0v) is 29.9. The molecule has 1 aliphatic heterocycles. The number of carbonyl (C=O) groups excluding carboxylic acids is 1. The van der Waals surface area contributed by atoms with E-state index < -0.39 is 0 Å². The molecule has 2 atom stereocenters. The smallest absolute Gasteiger partial charge is 0.139 e. The average molecular weight is 652 g/mol. The van der Waals surface area contributed by atoms with Gasteiger partial charge in [-0.05, 0) is 136 Å². The van der Waals surface area contributed by atoms with Crippen molar-refractivity contribution in [2.75, 3.05) is 12.4 Å². The minimum Gasteiger partial charge on any atom is -0.494 e. The van der Waals surface area contributed by atoms with Gasteiger partial charge in [-0.3, -0.25) is 4.79 Å². The summed E-state index contributed by atoms with van der Waals surface area (Å²) in [6.07, 6.45) is 24.9. The molecule has 47 heavy (non-hydrogen) atoms. The largest absolute Gasteiger partial charge is 0.494 e. The lowest BCUT2D eigenvalue weighted by Crippen LogP contribution is -2.28. The Bertz CT molecular complexity index is 1490. The standard InChI is InChI=1S/C43H57NO2S/c1-31-16-20-36(42-41(28-31)32(2)30-47-44-42)21-17-34-18-22-38(23-19-34)43(45)37-13-5-3-4-10-33(11-6-7-14-37)26-27-46-40-25-24-35-12-8-9-15-39(35)29-40/h8-9,12,15-16,20,24-25,29,33-34,37-38H,3-7,10-11,13-14,17-19,21-23,26-28,30H2,1-2H3. The summed E-state index contributed by atoms with van der Waals surface area (Å²) in [6, 6.07) is 14.9. The van der Waals surface area contributed by atoms with Gasteiger partial charge in [-0.2, -0.15) is 0 Å². The summed E-state index contributed by atoms with van der Waals surface area (Å²) in [7, 11) is 0. The zero-order valence-electron chi connectivity index (χ0n) is 29.1. The number of allylic oxidation sites excluding steroid dienone is 5. The highest BCUT2D eigenvalue weighted by atomic mass is 32.2. The monoisotopic (exact) mass is 651 g/mol. The Balaban J connectivity index is 0.922. The number of rotatable bonds is 9. The van der Waals surface area contributed by atoms with Gasteiger partial charge in [0.2, 0.25) is 0 Å². The Morgan fingerprint density at radius 2 is 1.49 bits per heavy atom. The van der Waals surface area contributed by atoms with E-state index in [0.29, 0.717) is 17.6 Å². The molecular formula is C43H57NO2S. The first-order valence-corrected chi connectivity index (χ1v) is 19.9. The predicted octanol–water partition coefficient (Wildman–Crippen LogP) is 12.2. The molecule has 252 valence electrons. The topological polar surface area (TPSA) is 38.7 Å². The molecule has 2 unspecified atom stereocenters. The van der Waals surface area contributed by atoms with Crippen LogP contribution in [0.25, 0.3) is 10.8 Å². The van der Waals surface area contributed by atoms with Crippen LogP contribution in [0.3, 0.4) is 0 Å². The van der Waals surface area contributed by atoms with Crippen molar-refractivity contribution < 1.29 is 9.53 Å². The Labute approximate surface area is 288 Å². The molecule has 4 aliphatic rings. The molecule has 2 aromatic carbocycles. The maximum absolute atomic E-state index is 13.8. The van der Waals surface area contributed by atoms with Crippen molar-refractivity contribution in [2.24, 2.45) is 28.1 Å². The van der Waals surface area contributed by atoms with Gasteiger partial charge in [0.25, 0.3) is 0 Å². The van der Waals surface area contributed by atoms with E-state index in [2.05, 4.69) is 68.5 Å². The highest BCUT2D eigenvalue weighted by Crippen LogP contribution is 2.38. The fourth-order valence-electron chi connectivity index (χ4n) is 8.60. The summed E-state index contributed by atoms with van der Waals surface area (Å²) in [5.41, 5.74) is 7.10. The molecule has 3 aliphatic carbocycles. The van der Waals surface area contributed by atoms with Crippen LogP contribution in [-0.4, -0.2) is 23.9 Å². The summed E-state index contributed by atoms with van der Waals surface area (Å²) in [5, 5.41) is 2.51. The fourth-order valence-corrected chi connectivity index (χ4v) is 9.39. The van der Waals surface area contributed by atoms with Gasteiger partial charge < -0.3 is 4.74 Å². The minimum absolute atomic E-state index is 0.297. The van der Waals surface area contributed by atoms with E-state index in [1.54, 1.807) is 11.9 Å². The second-order valence-electron chi connectivity index (χ2n) is 15.1. The molecule has 0 aromatic heterocycles. The molecule has 0 radical (unpaired) electrons. The van der Waals surface area contributed by atoms with Crippen LogP contribution in [0.5, 0.6) is 5.75 Å². The molecule has 2 saturated carbocycles. The number of ketones is 1. The van der Waals surface area contributed by atoms with Crippen LogP contribution in [0.15, 0.2) is 81.3 Å². The molecule has 0 spiro atoms. The van der Waals surface area contributed by atoms with Gasteiger partial charge in [-0.15, -0.1) is 0 Å². The van der Waals surface area contributed by atoms with Crippen molar-refractivity contribution in [3.63, 3.8) is 0 Å². The second-order valence-corrected chi connectivity index (χ2v) is 15.9. The Morgan fingerprint density at radius 3 is 2.32 bits per heavy atom. The first kappa shape index (κ1) is 34.3. The molecule has 0 bridgehead atoms. The quantitative estimate of drug-likeness (QED) is 0.253. The molecule has 2 aromatic rings. The summed E-state index contributed by atoms with van der Waals surface area (Å²) >= 11 is 1.71. The van der Waals surface area contributed by atoms with E-state index >= 15 is 0 Å². The molecule has 1 heterocycles. The highest BCUT2D eigenvalue weighted by molar-refractivity contribution is 7.98. The van der Waals surface area contributed by atoms with Crippen molar-refractivity contribution in [3.8, 4) is 5.75 Å². The van der Waals surface area contributed by atoms with Gasteiger partial charge in [0.1, 0.15) is 11.5 Å². The number of ether oxygens (including phenoxy) is 1. The van der Waals surface area contributed by atoms with Gasteiger partial charge in [-0.1, -0.05) is 98.6 Å². The van der Waals surface area contributed by atoms with Crippen LogP contribution in [-0.2, 0) is 4.79 Å². The molecule has 3 nitrogen and oxygen atoms in total. The highest BCUT2D eigenvalue weighted by Gasteiger charge is 2.31. The van der Waals surface area contributed by atoms with Crippen molar-refractivity contribution in [1.29, 1.82) is 0 Å². The zero-order chi connectivity index (χ0) is 32.4. The van der Waals surface area contributed by atoms with Crippen molar-refractivity contribution in [3.05, 3.63) is 76.9 Å². The van der Waals surface area contributed by atoms with Crippen molar-refractivity contribution >= 4 is 34.2 Å². The number of nitrogens with zero attached hydrogens (tertiary/aromatic N) is 1. The predicted molar refractivity (Wildman–Crippen MR) is 201 cm³/mol. The molecule has 0 saturated heterocycles. The summed E-state index contributed by atoms with van der Waals surface area (Å²) in [4.78, 5) is 13.8. The Hall–Kier alpha value is -2.59. The number of hydrogen-bond acceptors (Lipinski definition) is 4. The number of Topliss-reactive ketones (excluding diaryl/α,β-unsaturated/α-hetero) is 1. The van der Waals surface area contributed by atoms with Crippen LogP contribution in [0, 0.1) is 23.7 Å². The minimum atomic E-state index is 0.297. The van der Waals surface area contributed by atoms with Gasteiger partial charge >= 0.3 is 0 Å². The number of benzene rings is 2. The van der Waals surface area contributed by atoms with E-state index in [9.17, 15) is 4.79 Å². The van der Waals surface area contributed by atoms with Gasteiger partial charge in [0.15, 0.2) is 0 Å². The van der Waals surface area contributed by atoms with Gasteiger partial charge in [0.05, 0.1) is 12.3 Å². The van der Waals surface area contributed by atoms with Crippen molar-refractivity contribution in [1.82, 2.24) is 0 Å². The molecule has 6 rings (SSSR count). The van der Waals surface area contributed by atoms with Crippen LogP contribution >= 0.6 is 11.9 Å². The molecule has 0 N–H and O–H groups in total. The number of fused-ring (bicyclic) bond motifs is 2. The van der Waals surface area contributed by atoms with E-state index in [0.717, 1.165) is 74.9 Å².